The van der Waals surface area contributed by atoms with E-state index >= 15 is 0 Å². The number of carboxylic acids is 1. The SMILES string of the molecule is C[C@@H]1CN(c2ccc(C(=O)O)cc2)C(=O)c2c(N)ncnc2O1. The predicted molar refractivity (Wildman–Crippen MR) is 81.6 cm³/mol. The first-order chi connectivity index (χ1) is 11.0. The minimum atomic E-state index is -1.03. The van der Waals surface area contributed by atoms with Gasteiger partial charge in [-0.1, -0.05) is 0 Å². The van der Waals surface area contributed by atoms with Gasteiger partial charge in [0.25, 0.3) is 5.91 Å². The summed E-state index contributed by atoms with van der Waals surface area (Å²) in [5.41, 5.74) is 6.59. The Balaban J connectivity index is 2.04. The van der Waals surface area contributed by atoms with Crippen LogP contribution in [0.15, 0.2) is 30.6 Å². The predicted octanol–water partition coefficient (Wildman–Crippen LogP) is 1.18. The van der Waals surface area contributed by atoms with Gasteiger partial charge >= 0.3 is 5.97 Å². The normalized spacial score (nSPS) is 17.2. The largest absolute Gasteiger partial charge is 0.478 e. The number of anilines is 2. The number of fused-ring (bicyclic) bond motifs is 1. The lowest BCUT2D eigenvalue weighted by Crippen LogP contribution is -2.36. The summed E-state index contributed by atoms with van der Waals surface area (Å²) < 4.78 is 5.63. The van der Waals surface area contributed by atoms with Crippen molar-refractivity contribution in [3.05, 3.63) is 41.7 Å². The zero-order chi connectivity index (χ0) is 16.6. The number of carbonyl (C=O) groups excluding carboxylic acids is 1. The van der Waals surface area contributed by atoms with Crippen molar-refractivity contribution in [1.82, 2.24) is 9.97 Å². The van der Waals surface area contributed by atoms with E-state index < -0.39 is 5.97 Å². The molecule has 23 heavy (non-hydrogen) atoms. The number of ether oxygens (including phenoxy) is 1. The van der Waals surface area contributed by atoms with Crippen LogP contribution in [0.1, 0.15) is 27.6 Å². The zero-order valence-electron chi connectivity index (χ0n) is 12.3. The number of nitrogen functional groups attached to an aromatic ring is 1. The molecule has 1 aliphatic heterocycles. The Morgan fingerprint density at radius 2 is 2.04 bits per heavy atom. The van der Waals surface area contributed by atoms with Gasteiger partial charge in [-0.05, 0) is 31.2 Å². The zero-order valence-corrected chi connectivity index (χ0v) is 12.3. The summed E-state index contributed by atoms with van der Waals surface area (Å²) in [4.78, 5) is 33.0. The molecule has 8 nitrogen and oxygen atoms in total. The summed E-state index contributed by atoms with van der Waals surface area (Å²) in [6.07, 6.45) is 0.930. The van der Waals surface area contributed by atoms with Crippen molar-refractivity contribution in [3.8, 4) is 5.88 Å². The van der Waals surface area contributed by atoms with Crippen LogP contribution in [0.25, 0.3) is 0 Å². The first kappa shape index (κ1) is 14.8. The number of benzene rings is 1. The third-order valence-electron chi connectivity index (χ3n) is 3.48. The second-order valence-corrected chi connectivity index (χ2v) is 5.14. The van der Waals surface area contributed by atoms with Crippen molar-refractivity contribution in [2.45, 2.75) is 13.0 Å². The quantitative estimate of drug-likeness (QED) is 0.854. The Bertz CT molecular complexity index is 776. The van der Waals surface area contributed by atoms with Crippen molar-refractivity contribution < 1.29 is 19.4 Å². The number of carboxylic acid groups (broad SMARTS) is 1. The highest BCUT2D eigenvalue weighted by Crippen LogP contribution is 2.29. The van der Waals surface area contributed by atoms with Crippen LogP contribution in [0.2, 0.25) is 0 Å². The molecule has 3 rings (SSSR count). The molecule has 2 heterocycles. The Morgan fingerprint density at radius 3 is 2.70 bits per heavy atom. The molecule has 1 aliphatic rings. The average Bonchev–Trinajstić information content (AvgIpc) is 2.64. The van der Waals surface area contributed by atoms with Crippen LogP contribution in [-0.2, 0) is 0 Å². The summed E-state index contributed by atoms with van der Waals surface area (Å²) in [6.45, 7) is 2.08. The Labute approximate surface area is 131 Å². The molecule has 0 unspecified atom stereocenters. The number of amides is 1. The molecule has 8 heteroatoms. The van der Waals surface area contributed by atoms with Crippen LogP contribution in [0.5, 0.6) is 5.88 Å². The molecule has 0 bridgehead atoms. The molecule has 1 aromatic carbocycles. The minimum Gasteiger partial charge on any atom is -0.478 e. The van der Waals surface area contributed by atoms with Crippen LogP contribution < -0.4 is 15.4 Å². The Hall–Kier alpha value is -3.16. The van der Waals surface area contributed by atoms with Gasteiger partial charge in [0, 0.05) is 5.69 Å². The lowest BCUT2D eigenvalue weighted by atomic mass is 10.1. The van der Waals surface area contributed by atoms with E-state index in [0.29, 0.717) is 5.69 Å². The Kier molecular flexibility index (Phi) is 3.57. The summed E-state index contributed by atoms with van der Waals surface area (Å²) in [5.74, 6) is -1.22. The highest BCUT2D eigenvalue weighted by atomic mass is 16.5. The highest BCUT2D eigenvalue weighted by molar-refractivity contribution is 6.10. The van der Waals surface area contributed by atoms with Gasteiger partial charge in [0.1, 0.15) is 23.8 Å². The van der Waals surface area contributed by atoms with E-state index in [1.807, 2.05) is 0 Å². The molecular formula is C15H14N4O4. The highest BCUT2D eigenvalue weighted by Gasteiger charge is 2.31. The van der Waals surface area contributed by atoms with Crippen LogP contribution in [0, 0.1) is 0 Å². The number of carbonyl (C=O) groups is 2. The molecule has 1 atom stereocenters. The van der Waals surface area contributed by atoms with Crippen LogP contribution in [0.3, 0.4) is 0 Å². The number of rotatable bonds is 2. The minimum absolute atomic E-state index is 0.0428. The standard InChI is InChI=1S/C15H14N4O4/c1-8-6-19(10-4-2-9(3-5-10)15(21)22)14(20)11-12(16)17-7-18-13(11)23-8/h2-5,7-8H,6H2,1H3,(H,21,22)(H2,16,17,18)/t8-/m1/s1. The fourth-order valence-corrected chi connectivity index (χ4v) is 2.38. The summed E-state index contributed by atoms with van der Waals surface area (Å²) in [6, 6.07) is 6.01. The third kappa shape index (κ3) is 2.66. The molecule has 0 saturated heterocycles. The van der Waals surface area contributed by atoms with Crippen molar-refractivity contribution >= 4 is 23.4 Å². The topological polar surface area (TPSA) is 119 Å². The van der Waals surface area contributed by atoms with Crippen LogP contribution in [-0.4, -0.2) is 39.6 Å². The van der Waals surface area contributed by atoms with Crippen LogP contribution in [0.4, 0.5) is 11.5 Å². The van der Waals surface area contributed by atoms with Crippen molar-refractivity contribution in [2.24, 2.45) is 0 Å². The molecule has 118 valence electrons. The summed E-state index contributed by atoms with van der Waals surface area (Å²) in [5, 5.41) is 8.96. The Morgan fingerprint density at radius 1 is 1.35 bits per heavy atom. The average molecular weight is 314 g/mol. The van der Waals surface area contributed by atoms with Crippen molar-refractivity contribution in [3.63, 3.8) is 0 Å². The molecule has 2 aromatic rings. The number of aromatic carboxylic acids is 1. The van der Waals surface area contributed by atoms with Gasteiger partial charge in [0.2, 0.25) is 5.88 Å². The van der Waals surface area contributed by atoms with E-state index in [0.717, 1.165) is 0 Å². The molecule has 1 amide bonds. The van der Waals surface area contributed by atoms with E-state index in [9.17, 15) is 9.59 Å². The number of hydrogen-bond donors (Lipinski definition) is 2. The van der Waals surface area contributed by atoms with Crippen molar-refractivity contribution in [1.29, 1.82) is 0 Å². The number of aromatic nitrogens is 2. The lowest BCUT2D eigenvalue weighted by molar-refractivity contribution is 0.0696. The van der Waals surface area contributed by atoms with Gasteiger partial charge in [-0.15, -0.1) is 0 Å². The second-order valence-electron chi connectivity index (χ2n) is 5.14. The fourth-order valence-electron chi connectivity index (χ4n) is 2.38. The van der Waals surface area contributed by atoms with E-state index in [-0.39, 0.29) is 41.4 Å². The lowest BCUT2D eigenvalue weighted by Gasteiger charge is -2.22. The van der Waals surface area contributed by atoms with E-state index in [1.165, 1.54) is 23.4 Å². The number of nitrogens with two attached hydrogens (primary N) is 1. The molecule has 0 saturated carbocycles. The molecule has 0 radical (unpaired) electrons. The van der Waals surface area contributed by atoms with Gasteiger partial charge in [0.05, 0.1) is 12.1 Å². The monoisotopic (exact) mass is 314 g/mol. The van der Waals surface area contributed by atoms with Gasteiger partial charge in [-0.2, -0.15) is 0 Å². The molecule has 3 N–H and O–H groups in total. The molecule has 0 aliphatic carbocycles. The van der Waals surface area contributed by atoms with E-state index in [4.69, 9.17) is 15.6 Å². The molecule has 1 aromatic heterocycles. The summed E-state index contributed by atoms with van der Waals surface area (Å²) >= 11 is 0. The van der Waals surface area contributed by atoms with Gasteiger partial charge in [0.15, 0.2) is 0 Å². The van der Waals surface area contributed by atoms with E-state index in [1.54, 1.807) is 19.1 Å². The fraction of sp³-hybridized carbons (Fsp3) is 0.200. The third-order valence-corrected chi connectivity index (χ3v) is 3.48. The maximum atomic E-state index is 12.8. The van der Waals surface area contributed by atoms with Gasteiger partial charge in [-0.3, -0.25) is 4.79 Å². The first-order valence-corrected chi connectivity index (χ1v) is 6.89. The maximum Gasteiger partial charge on any atom is 0.335 e. The number of nitrogens with zero attached hydrogens (tertiary/aromatic N) is 3. The van der Waals surface area contributed by atoms with Crippen molar-refractivity contribution in [2.75, 3.05) is 17.2 Å². The number of hydrogen-bond acceptors (Lipinski definition) is 6. The smallest absolute Gasteiger partial charge is 0.335 e. The van der Waals surface area contributed by atoms with Gasteiger partial charge < -0.3 is 20.5 Å². The van der Waals surface area contributed by atoms with Crippen LogP contribution >= 0.6 is 0 Å². The second kappa shape index (κ2) is 5.56. The molecule has 0 fully saturated rings. The van der Waals surface area contributed by atoms with Gasteiger partial charge in [-0.25, -0.2) is 14.8 Å². The summed E-state index contributed by atoms with van der Waals surface area (Å²) in [7, 11) is 0. The van der Waals surface area contributed by atoms with E-state index in [2.05, 4.69) is 9.97 Å². The maximum absolute atomic E-state index is 12.8. The molecular weight excluding hydrogens is 300 g/mol. The molecule has 0 spiro atoms. The first-order valence-electron chi connectivity index (χ1n) is 6.89.